The minimum absolute atomic E-state index is 0.106. The van der Waals surface area contributed by atoms with Crippen LogP contribution in [0.4, 0.5) is 0 Å². The summed E-state index contributed by atoms with van der Waals surface area (Å²) in [5.41, 5.74) is 0.261. The number of hydrogen-bond acceptors (Lipinski definition) is 2. The Balaban J connectivity index is 2.10. The topological polar surface area (TPSA) is 21.3 Å². The van der Waals surface area contributed by atoms with Gasteiger partial charge in [-0.25, -0.2) is 0 Å². The summed E-state index contributed by atoms with van der Waals surface area (Å²) >= 11 is 0. The molecule has 1 N–H and O–H groups in total. The molecule has 0 bridgehead atoms. The van der Waals surface area contributed by atoms with E-state index in [2.05, 4.69) is 26.1 Å². The van der Waals surface area contributed by atoms with Gasteiger partial charge in [-0.05, 0) is 31.6 Å². The molecule has 0 amide bonds. The van der Waals surface area contributed by atoms with E-state index in [0.717, 1.165) is 31.8 Å². The summed E-state index contributed by atoms with van der Waals surface area (Å²) in [6, 6.07) is 0. The predicted octanol–water partition coefficient (Wildman–Crippen LogP) is 3.11. The Bertz CT molecular complexity index is 233. The average Bonchev–Trinajstić information content (AvgIpc) is 2.28. The van der Waals surface area contributed by atoms with E-state index in [1.54, 1.807) is 0 Å². The van der Waals surface area contributed by atoms with Gasteiger partial charge in [-0.2, -0.15) is 0 Å². The first-order chi connectivity index (χ1) is 7.64. The van der Waals surface area contributed by atoms with Crippen molar-refractivity contribution in [3.8, 4) is 0 Å². The summed E-state index contributed by atoms with van der Waals surface area (Å²) in [4.78, 5) is 0. The lowest BCUT2D eigenvalue weighted by Gasteiger charge is -2.51. The lowest BCUT2D eigenvalue weighted by molar-refractivity contribution is -0.199. The maximum Gasteiger partial charge on any atom is 0.0817 e. The zero-order valence-electron chi connectivity index (χ0n) is 11.1. The van der Waals surface area contributed by atoms with E-state index in [4.69, 9.17) is 4.74 Å². The van der Waals surface area contributed by atoms with Crippen LogP contribution in [0.15, 0.2) is 0 Å². The fourth-order valence-corrected chi connectivity index (χ4v) is 3.56. The van der Waals surface area contributed by atoms with E-state index >= 15 is 0 Å². The highest BCUT2D eigenvalue weighted by molar-refractivity contribution is 4.98. The highest BCUT2D eigenvalue weighted by Gasteiger charge is 2.45. The van der Waals surface area contributed by atoms with Crippen LogP contribution in [-0.2, 0) is 4.74 Å². The Morgan fingerprint density at radius 3 is 2.62 bits per heavy atom. The van der Waals surface area contributed by atoms with E-state index in [0.29, 0.717) is 0 Å². The Morgan fingerprint density at radius 1 is 1.25 bits per heavy atom. The second-order valence-corrected chi connectivity index (χ2v) is 5.98. The molecular weight excluding hydrogens is 198 g/mol. The molecule has 2 aliphatic rings. The molecule has 2 rings (SSSR count). The van der Waals surface area contributed by atoms with Gasteiger partial charge in [0.2, 0.25) is 0 Å². The minimum Gasteiger partial charge on any atom is -0.366 e. The normalized spacial score (nSPS) is 38.8. The lowest BCUT2D eigenvalue weighted by atomic mass is 9.76. The molecule has 1 spiro atoms. The third kappa shape index (κ3) is 2.28. The molecule has 0 aromatic heterocycles. The van der Waals surface area contributed by atoms with E-state index in [1.165, 1.54) is 25.7 Å². The number of hydrogen-bond donors (Lipinski definition) is 1. The van der Waals surface area contributed by atoms with Crippen LogP contribution >= 0.6 is 0 Å². The number of ether oxygens (including phenoxy) is 1. The van der Waals surface area contributed by atoms with Crippen molar-refractivity contribution in [2.75, 3.05) is 13.1 Å². The van der Waals surface area contributed by atoms with Gasteiger partial charge in [-0.15, -0.1) is 0 Å². The van der Waals surface area contributed by atoms with Crippen molar-refractivity contribution < 1.29 is 4.74 Å². The average molecular weight is 225 g/mol. The molecule has 94 valence electrons. The molecule has 1 saturated carbocycles. The molecule has 16 heavy (non-hydrogen) atoms. The van der Waals surface area contributed by atoms with Crippen LogP contribution in [0.2, 0.25) is 0 Å². The number of morpholine rings is 1. The SMILES string of the molecule is CCC1(CC)CNCC2(CCCC(C)C2)O1. The van der Waals surface area contributed by atoms with E-state index in [9.17, 15) is 0 Å². The second-order valence-electron chi connectivity index (χ2n) is 5.98. The van der Waals surface area contributed by atoms with Gasteiger partial charge >= 0.3 is 0 Å². The van der Waals surface area contributed by atoms with Gasteiger partial charge in [0.25, 0.3) is 0 Å². The fraction of sp³-hybridized carbons (Fsp3) is 1.00. The Labute approximate surface area is 100 Å². The first kappa shape index (κ1) is 12.4. The molecule has 0 aromatic rings. The van der Waals surface area contributed by atoms with Crippen LogP contribution in [0.1, 0.15) is 59.3 Å². The molecule has 1 saturated heterocycles. The highest BCUT2D eigenvalue weighted by atomic mass is 16.5. The van der Waals surface area contributed by atoms with Gasteiger partial charge in [0.1, 0.15) is 0 Å². The van der Waals surface area contributed by atoms with Crippen LogP contribution in [0.3, 0.4) is 0 Å². The summed E-state index contributed by atoms with van der Waals surface area (Å²) in [5, 5.41) is 3.63. The highest BCUT2D eigenvalue weighted by Crippen LogP contribution is 2.41. The zero-order chi connectivity index (χ0) is 11.6. The van der Waals surface area contributed by atoms with Gasteiger partial charge in [0.05, 0.1) is 11.2 Å². The van der Waals surface area contributed by atoms with Gasteiger partial charge in [0, 0.05) is 13.1 Å². The van der Waals surface area contributed by atoms with Crippen molar-refractivity contribution in [1.82, 2.24) is 5.32 Å². The van der Waals surface area contributed by atoms with E-state index in [1.807, 2.05) is 0 Å². The van der Waals surface area contributed by atoms with Crippen LogP contribution in [-0.4, -0.2) is 24.3 Å². The second kappa shape index (κ2) is 4.66. The van der Waals surface area contributed by atoms with E-state index < -0.39 is 0 Å². The molecule has 0 aromatic carbocycles. The molecule has 2 heteroatoms. The third-order valence-electron chi connectivity index (χ3n) is 4.67. The third-order valence-corrected chi connectivity index (χ3v) is 4.67. The molecular formula is C14H27NO. The lowest BCUT2D eigenvalue weighted by Crippen LogP contribution is -2.61. The molecule has 2 atom stereocenters. The fourth-order valence-electron chi connectivity index (χ4n) is 3.56. The van der Waals surface area contributed by atoms with Crippen LogP contribution in [0.5, 0.6) is 0 Å². The van der Waals surface area contributed by atoms with Crippen LogP contribution in [0, 0.1) is 5.92 Å². The van der Waals surface area contributed by atoms with Gasteiger partial charge in [-0.1, -0.05) is 33.6 Å². The summed E-state index contributed by atoms with van der Waals surface area (Å²) in [7, 11) is 0. The van der Waals surface area contributed by atoms with Gasteiger partial charge < -0.3 is 10.1 Å². The van der Waals surface area contributed by atoms with Crippen LogP contribution < -0.4 is 5.32 Å². The first-order valence-corrected chi connectivity index (χ1v) is 7.04. The largest absolute Gasteiger partial charge is 0.366 e. The van der Waals surface area contributed by atoms with Crippen molar-refractivity contribution in [3.63, 3.8) is 0 Å². The Kier molecular flexibility index (Phi) is 3.60. The maximum absolute atomic E-state index is 6.61. The molecule has 2 unspecified atom stereocenters. The first-order valence-electron chi connectivity index (χ1n) is 7.04. The zero-order valence-corrected chi connectivity index (χ0v) is 11.1. The molecule has 2 fully saturated rings. The summed E-state index contributed by atoms with van der Waals surface area (Å²) < 4.78 is 6.61. The van der Waals surface area contributed by atoms with Crippen molar-refractivity contribution in [3.05, 3.63) is 0 Å². The molecule has 1 aliphatic heterocycles. The van der Waals surface area contributed by atoms with Crippen molar-refractivity contribution >= 4 is 0 Å². The molecule has 1 heterocycles. The van der Waals surface area contributed by atoms with Crippen molar-refractivity contribution in [2.24, 2.45) is 5.92 Å². The van der Waals surface area contributed by atoms with Crippen LogP contribution in [0.25, 0.3) is 0 Å². The quantitative estimate of drug-likeness (QED) is 0.779. The molecule has 0 radical (unpaired) electrons. The summed E-state index contributed by atoms with van der Waals surface area (Å²) in [6.07, 6.45) is 7.50. The van der Waals surface area contributed by atoms with Gasteiger partial charge in [-0.3, -0.25) is 0 Å². The number of nitrogens with one attached hydrogen (secondary N) is 1. The van der Waals surface area contributed by atoms with E-state index in [-0.39, 0.29) is 11.2 Å². The maximum atomic E-state index is 6.61. The van der Waals surface area contributed by atoms with Crippen molar-refractivity contribution in [1.29, 1.82) is 0 Å². The van der Waals surface area contributed by atoms with Gasteiger partial charge in [0.15, 0.2) is 0 Å². The standard InChI is InChI=1S/C14H27NO/c1-4-13(5-2)10-15-11-14(16-13)8-6-7-12(3)9-14/h12,15H,4-11H2,1-3H3. The summed E-state index contributed by atoms with van der Waals surface area (Å²) in [6.45, 7) is 9.00. The molecule has 2 nitrogen and oxygen atoms in total. The Hall–Kier alpha value is -0.0800. The summed E-state index contributed by atoms with van der Waals surface area (Å²) in [5.74, 6) is 0.833. The molecule has 1 aliphatic carbocycles. The minimum atomic E-state index is 0.106. The monoisotopic (exact) mass is 225 g/mol. The smallest absolute Gasteiger partial charge is 0.0817 e. The number of rotatable bonds is 2. The predicted molar refractivity (Wildman–Crippen MR) is 67.6 cm³/mol. The Morgan fingerprint density at radius 2 is 2.00 bits per heavy atom. The van der Waals surface area contributed by atoms with Crippen molar-refractivity contribution in [2.45, 2.75) is 70.5 Å².